The summed E-state index contributed by atoms with van der Waals surface area (Å²) in [6.07, 6.45) is 4.21. The number of hydrogen-bond acceptors (Lipinski definition) is 7. The third-order valence-electron chi connectivity index (χ3n) is 4.93. The molecule has 0 saturated carbocycles. The normalized spacial score (nSPS) is 14.3. The zero-order chi connectivity index (χ0) is 20.6. The van der Waals surface area contributed by atoms with E-state index in [1.807, 2.05) is 35.2 Å². The Morgan fingerprint density at radius 3 is 2.31 bits per heavy atom. The number of nitrogens with zero attached hydrogens (tertiary/aromatic N) is 6. The van der Waals surface area contributed by atoms with Gasteiger partial charge in [0.05, 0.1) is 18.1 Å². The molecule has 1 aliphatic heterocycles. The molecule has 0 spiro atoms. The second-order valence-electron chi connectivity index (χ2n) is 6.71. The Kier molecular flexibility index (Phi) is 6.43. The zero-order valence-electron chi connectivity index (χ0n) is 16.0. The van der Waals surface area contributed by atoms with E-state index in [4.69, 9.17) is 11.0 Å². The van der Waals surface area contributed by atoms with Crippen molar-refractivity contribution in [1.82, 2.24) is 9.88 Å². The Morgan fingerprint density at radius 2 is 1.69 bits per heavy atom. The minimum absolute atomic E-state index is 0.0459. The first-order valence-electron chi connectivity index (χ1n) is 9.36. The molecule has 3 rings (SSSR count). The minimum atomic E-state index is -0.0459. The molecule has 1 saturated heterocycles. The highest BCUT2D eigenvalue weighted by Crippen LogP contribution is 2.28. The van der Waals surface area contributed by atoms with Crippen LogP contribution in [0.5, 0.6) is 0 Å². The van der Waals surface area contributed by atoms with Crippen LogP contribution in [0.2, 0.25) is 0 Å². The number of anilines is 2. The van der Waals surface area contributed by atoms with Gasteiger partial charge in [-0.15, -0.1) is 0 Å². The standard InChI is InChI=1S/C22H21N7/c23-9-8-18-19(15-24)21(26)27-22(20(18)16-25)29-13-11-28(12-14-29)10-4-7-17-5-2-1-3-6-17/h1-7H,8,10-14H2,(H2,26,27). The molecule has 0 radical (unpaired) electrons. The van der Waals surface area contributed by atoms with Crippen molar-refractivity contribution < 1.29 is 0 Å². The van der Waals surface area contributed by atoms with E-state index in [9.17, 15) is 10.5 Å². The van der Waals surface area contributed by atoms with Crippen molar-refractivity contribution in [3.05, 3.63) is 58.7 Å². The molecule has 1 aromatic carbocycles. The quantitative estimate of drug-likeness (QED) is 0.842. The summed E-state index contributed by atoms with van der Waals surface area (Å²) in [5.41, 5.74) is 7.88. The molecule has 144 valence electrons. The molecule has 0 bridgehead atoms. The molecule has 0 aliphatic carbocycles. The number of nitrogen functional groups attached to an aromatic ring is 1. The second kappa shape index (κ2) is 9.37. The van der Waals surface area contributed by atoms with E-state index in [2.05, 4.69) is 40.2 Å². The summed E-state index contributed by atoms with van der Waals surface area (Å²) in [6, 6.07) is 16.3. The number of nitrogens with two attached hydrogens (primary N) is 1. The lowest BCUT2D eigenvalue weighted by Gasteiger charge is -2.35. The van der Waals surface area contributed by atoms with Crippen molar-refractivity contribution in [3.63, 3.8) is 0 Å². The maximum Gasteiger partial charge on any atom is 0.149 e. The summed E-state index contributed by atoms with van der Waals surface area (Å²) in [5, 5.41) is 28.1. The molecule has 0 unspecified atom stereocenters. The Morgan fingerprint density at radius 1 is 1.00 bits per heavy atom. The van der Waals surface area contributed by atoms with E-state index >= 15 is 0 Å². The summed E-state index contributed by atoms with van der Waals surface area (Å²) >= 11 is 0. The number of nitriles is 3. The van der Waals surface area contributed by atoms with Gasteiger partial charge >= 0.3 is 0 Å². The summed E-state index contributed by atoms with van der Waals surface area (Å²) in [6.45, 7) is 3.87. The summed E-state index contributed by atoms with van der Waals surface area (Å²) in [4.78, 5) is 8.66. The molecule has 7 heteroatoms. The maximum absolute atomic E-state index is 9.65. The van der Waals surface area contributed by atoms with Gasteiger partial charge in [-0.3, -0.25) is 4.90 Å². The van der Waals surface area contributed by atoms with Crippen molar-refractivity contribution in [2.45, 2.75) is 6.42 Å². The molecule has 7 nitrogen and oxygen atoms in total. The molecular weight excluding hydrogens is 362 g/mol. The van der Waals surface area contributed by atoms with E-state index in [1.165, 1.54) is 5.56 Å². The van der Waals surface area contributed by atoms with Gasteiger partial charge in [-0.25, -0.2) is 4.98 Å². The van der Waals surface area contributed by atoms with Gasteiger partial charge in [0.2, 0.25) is 0 Å². The number of benzene rings is 1. The van der Waals surface area contributed by atoms with Crippen LogP contribution in [0.1, 0.15) is 22.3 Å². The smallest absolute Gasteiger partial charge is 0.149 e. The van der Waals surface area contributed by atoms with Crippen LogP contribution < -0.4 is 10.6 Å². The van der Waals surface area contributed by atoms with Crippen LogP contribution in [0, 0.1) is 34.0 Å². The molecule has 1 aromatic heterocycles. The van der Waals surface area contributed by atoms with Gasteiger partial charge in [0.25, 0.3) is 0 Å². The molecule has 29 heavy (non-hydrogen) atoms. The first kappa shape index (κ1) is 19.9. The van der Waals surface area contributed by atoms with E-state index < -0.39 is 0 Å². The zero-order valence-corrected chi connectivity index (χ0v) is 16.0. The Balaban J connectivity index is 1.71. The molecule has 0 amide bonds. The van der Waals surface area contributed by atoms with Crippen molar-refractivity contribution >= 4 is 17.7 Å². The Hall–Kier alpha value is -3.86. The van der Waals surface area contributed by atoms with Crippen molar-refractivity contribution in [1.29, 1.82) is 15.8 Å². The third-order valence-corrected chi connectivity index (χ3v) is 4.93. The van der Waals surface area contributed by atoms with Crippen LogP contribution in [-0.4, -0.2) is 42.6 Å². The SMILES string of the molecule is N#CCc1c(C#N)c(N)nc(N2CCN(CC=Cc3ccccc3)CC2)c1C#N. The number of pyridine rings is 1. The summed E-state index contributed by atoms with van der Waals surface area (Å²) in [7, 11) is 0. The van der Waals surface area contributed by atoms with Crippen LogP contribution in [-0.2, 0) is 6.42 Å². The Labute approximate surface area is 170 Å². The molecule has 2 heterocycles. The van der Waals surface area contributed by atoms with Gasteiger partial charge in [-0.1, -0.05) is 42.5 Å². The number of hydrogen-bond donors (Lipinski definition) is 1. The first-order valence-corrected chi connectivity index (χ1v) is 9.36. The second-order valence-corrected chi connectivity index (χ2v) is 6.71. The lowest BCUT2D eigenvalue weighted by molar-refractivity contribution is 0.283. The van der Waals surface area contributed by atoms with E-state index in [1.54, 1.807) is 0 Å². The van der Waals surface area contributed by atoms with Crippen molar-refractivity contribution in [2.75, 3.05) is 43.4 Å². The number of piperazine rings is 1. The van der Waals surface area contributed by atoms with Crippen LogP contribution in [0.4, 0.5) is 11.6 Å². The van der Waals surface area contributed by atoms with Gasteiger partial charge in [-0.05, 0) is 5.56 Å². The van der Waals surface area contributed by atoms with Crippen LogP contribution in [0.3, 0.4) is 0 Å². The fraction of sp³-hybridized carbons (Fsp3) is 0.273. The molecule has 1 aliphatic rings. The van der Waals surface area contributed by atoms with Crippen LogP contribution in [0.15, 0.2) is 36.4 Å². The van der Waals surface area contributed by atoms with E-state index in [0.717, 1.165) is 19.6 Å². The molecule has 0 atom stereocenters. The summed E-state index contributed by atoms with van der Waals surface area (Å²) in [5.74, 6) is 0.536. The van der Waals surface area contributed by atoms with Crippen molar-refractivity contribution in [3.8, 4) is 18.2 Å². The lowest BCUT2D eigenvalue weighted by atomic mass is 10.0. The van der Waals surface area contributed by atoms with Gasteiger partial charge in [0, 0.05) is 38.3 Å². The molecule has 1 fully saturated rings. The third kappa shape index (κ3) is 4.52. The first-order chi connectivity index (χ1) is 14.2. The van der Waals surface area contributed by atoms with Crippen molar-refractivity contribution in [2.24, 2.45) is 0 Å². The fourth-order valence-electron chi connectivity index (χ4n) is 3.41. The predicted octanol–water partition coefficient (Wildman–Crippen LogP) is 2.31. The number of rotatable bonds is 5. The molecule has 2 aromatic rings. The van der Waals surface area contributed by atoms with Gasteiger partial charge in [0.1, 0.15) is 29.3 Å². The Bertz CT molecular complexity index is 1010. The average molecular weight is 383 g/mol. The fourth-order valence-corrected chi connectivity index (χ4v) is 3.41. The molecular formula is C22H21N7. The van der Waals surface area contributed by atoms with Gasteiger partial charge in [0.15, 0.2) is 0 Å². The monoisotopic (exact) mass is 383 g/mol. The minimum Gasteiger partial charge on any atom is -0.383 e. The highest BCUT2D eigenvalue weighted by molar-refractivity contribution is 5.69. The predicted molar refractivity (Wildman–Crippen MR) is 112 cm³/mol. The van der Waals surface area contributed by atoms with E-state index in [-0.39, 0.29) is 23.4 Å². The summed E-state index contributed by atoms with van der Waals surface area (Å²) < 4.78 is 0. The number of aromatic nitrogens is 1. The average Bonchev–Trinajstić information content (AvgIpc) is 2.75. The molecule has 2 N–H and O–H groups in total. The topological polar surface area (TPSA) is 117 Å². The van der Waals surface area contributed by atoms with Gasteiger partial charge in [-0.2, -0.15) is 15.8 Å². The maximum atomic E-state index is 9.65. The largest absolute Gasteiger partial charge is 0.383 e. The van der Waals surface area contributed by atoms with Gasteiger partial charge < -0.3 is 10.6 Å². The van der Waals surface area contributed by atoms with Crippen LogP contribution >= 0.6 is 0 Å². The van der Waals surface area contributed by atoms with E-state index in [0.29, 0.717) is 24.5 Å². The highest BCUT2D eigenvalue weighted by Gasteiger charge is 2.24. The van der Waals surface area contributed by atoms with Crippen LogP contribution in [0.25, 0.3) is 6.08 Å². The lowest BCUT2D eigenvalue weighted by Crippen LogP contribution is -2.47. The highest BCUT2D eigenvalue weighted by atomic mass is 15.3.